The lowest BCUT2D eigenvalue weighted by Crippen LogP contribution is -1.83. The fraction of sp³-hybridized carbons (Fsp3) is 0.0952. The van der Waals surface area contributed by atoms with E-state index in [1.165, 1.54) is 5.56 Å². The van der Waals surface area contributed by atoms with Gasteiger partial charge in [0.25, 0.3) is 0 Å². The van der Waals surface area contributed by atoms with Crippen LogP contribution in [0.2, 0.25) is 0 Å². The van der Waals surface area contributed by atoms with Crippen molar-refractivity contribution in [3.8, 4) is 17.0 Å². The summed E-state index contributed by atoms with van der Waals surface area (Å²) in [7, 11) is 0. The molecule has 0 amide bonds. The molecule has 0 saturated carbocycles. The van der Waals surface area contributed by atoms with Crippen LogP contribution in [0.5, 0.6) is 5.75 Å². The van der Waals surface area contributed by atoms with E-state index in [-0.39, 0.29) is 5.75 Å². The summed E-state index contributed by atoms with van der Waals surface area (Å²) >= 11 is 0. The summed E-state index contributed by atoms with van der Waals surface area (Å²) < 4.78 is 1.91. The number of benzene rings is 2. The molecule has 5 nitrogen and oxygen atoms in total. The molecule has 26 heavy (non-hydrogen) atoms. The van der Waals surface area contributed by atoms with Crippen molar-refractivity contribution >= 4 is 17.2 Å². The Kier molecular flexibility index (Phi) is 4.19. The molecule has 0 fully saturated rings. The van der Waals surface area contributed by atoms with E-state index < -0.39 is 0 Å². The number of fused-ring (bicyclic) bond motifs is 1. The third-order valence-electron chi connectivity index (χ3n) is 4.23. The number of hydrogen-bond acceptors (Lipinski definition) is 4. The van der Waals surface area contributed by atoms with Gasteiger partial charge in [-0.3, -0.25) is 4.40 Å². The highest BCUT2D eigenvalue weighted by Crippen LogP contribution is 2.32. The normalized spacial score (nSPS) is 11.4. The van der Waals surface area contributed by atoms with Gasteiger partial charge >= 0.3 is 0 Å². The van der Waals surface area contributed by atoms with Crippen LogP contribution >= 0.6 is 0 Å². The maximum atomic E-state index is 9.60. The lowest BCUT2D eigenvalue weighted by atomic mass is 10.1. The number of aromatic hydroxyl groups is 1. The molecular weight excluding hydrogens is 324 g/mol. The highest BCUT2D eigenvalue weighted by atomic mass is 16.3. The minimum absolute atomic E-state index is 0.162. The molecule has 0 unspecified atom stereocenters. The van der Waals surface area contributed by atoms with Crippen LogP contribution < -0.4 is 0 Å². The van der Waals surface area contributed by atoms with Gasteiger partial charge in [0.05, 0.1) is 5.69 Å². The van der Waals surface area contributed by atoms with E-state index in [2.05, 4.69) is 41.4 Å². The summed E-state index contributed by atoms with van der Waals surface area (Å²) in [5, 5.41) is 18.3. The topological polar surface area (TPSA) is 62.2 Å². The summed E-state index contributed by atoms with van der Waals surface area (Å²) in [6.45, 7) is 2.13. The van der Waals surface area contributed by atoms with Gasteiger partial charge in [0.15, 0.2) is 5.82 Å². The Labute approximate surface area is 151 Å². The number of imidazole rings is 1. The first-order valence-electron chi connectivity index (χ1n) is 8.52. The molecule has 128 valence electrons. The minimum Gasteiger partial charge on any atom is -0.508 e. The molecule has 0 spiro atoms. The van der Waals surface area contributed by atoms with Gasteiger partial charge in [0.1, 0.15) is 17.1 Å². The number of rotatable bonds is 4. The van der Waals surface area contributed by atoms with E-state index in [0.29, 0.717) is 11.5 Å². The Bertz CT molecular complexity index is 1080. The summed E-state index contributed by atoms with van der Waals surface area (Å²) in [4.78, 5) is 4.73. The summed E-state index contributed by atoms with van der Waals surface area (Å²) in [6, 6.07) is 20.9. The number of azo groups is 1. The number of pyridine rings is 1. The average molecular weight is 342 g/mol. The van der Waals surface area contributed by atoms with Gasteiger partial charge in [-0.15, -0.1) is 10.2 Å². The van der Waals surface area contributed by atoms with Crippen LogP contribution in [0, 0.1) is 0 Å². The van der Waals surface area contributed by atoms with Gasteiger partial charge in [-0.1, -0.05) is 43.3 Å². The predicted molar refractivity (Wildman–Crippen MR) is 102 cm³/mol. The van der Waals surface area contributed by atoms with Gasteiger partial charge < -0.3 is 5.11 Å². The summed E-state index contributed by atoms with van der Waals surface area (Å²) in [5.74, 6) is 0.822. The highest BCUT2D eigenvalue weighted by molar-refractivity contribution is 5.74. The van der Waals surface area contributed by atoms with Gasteiger partial charge in [-0.05, 0) is 36.2 Å². The standard InChI is InChI=1S/C21H18N4O/c1-2-15-9-11-16(12-10-15)20-21(25-13-4-3-8-19(25)22-20)24-23-17-6-5-7-18(26)14-17/h3-14,26H,2H2,1H3. The van der Waals surface area contributed by atoms with Gasteiger partial charge in [0, 0.05) is 17.8 Å². The average Bonchev–Trinajstić information content (AvgIpc) is 3.05. The lowest BCUT2D eigenvalue weighted by molar-refractivity contribution is 0.475. The Balaban J connectivity index is 1.83. The first-order valence-corrected chi connectivity index (χ1v) is 8.52. The minimum atomic E-state index is 0.162. The van der Waals surface area contributed by atoms with Crippen molar-refractivity contribution in [1.29, 1.82) is 0 Å². The molecule has 4 rings (SSSR count). The molecule has 2 heterocycles. The van der Waals surface area contributed by atoms with Crippen LogP contribution in [0.3, 0.4) is 0 Å². The second kappa shape index (κ2) is 6.80. The molecule has 0 aliphatic heterocycles. The molecule has 2 aromatic carbocycles. The Morgan fingerprint density at radius 2 is 1.81 bits per heavy atom. The largest absolute Gasteiger partial charge is 0.508 e. The predicted octanol–water partition coefficient (Wildman–Crippen LogP) is 5.68. The van der Waals surface area contributed by atoms with E-state index >= 15 is 0 Å². The molecule has 4 aromatic rings. The van der Waals surface area contributed by atoms with Crippen LogP contribution in [-0.2, 0) is 6.42 Å². The van der Waals surface area contributed by atoms with Gasteiger partial charge in [-0.25, -0.2) is 4.98 Å². The van der Waals surface area contributed by atoms with Crippen LogP contribution in [0.1, 0.15) is 12.5 Å². The van der Waals surface area contributed by atoms with Crippen molar-refractivity contribution in [2.45, 2.75) is 13.3 Å². The smallest absolute Gasteiger partial charge is 0.187 e. The molecule has 0 bridgehead atoms. The zero-order valence-corrected chi connectivity index (χ0v) is 14.4. The van der Waals surface area contributed by atoms with Crippen molar-refractivity contribution in [2.75, 3.05) is 0 Å². The number of nitrogens with zero attached hydrogens (tertiary/aromatic N) is 4. The number of phenols is 1. The summed E-state index contributed by atoms with van der Waals surface area (Å²) in [5.41, 5.74) is 4.45. The second-order valence-electron chi connectivity index (χ2n) is 5.98. The first-order chi connectivity index (χ1) is 12.7. The van der Waals surface area contributed by atoms with E-state index in [4.69, 9.17) is 4.98 Å². The van der Waals surface area contributed by atoms with Crippen LogP contribution in [0.4, 0.5) is 11.5 Å². The highest BCUT2D eigenvalue weighted by Gasteiger charge is 2.13. The fourth-order valence-electron chi connectivity index (χ4n) is 2.83. The summed E-state index contributed by atoms with van der Waals surface area (Å²) in [6.07, 6.45) is 2.92. The second-order valence-corrected chi connectivity index (χ2v) is 5.98. The maximum Gasteiger partial charge on any atom is 0.187 e. The van der Waals surface area contributed by atoms with Crippen molar-refractivity contribution in [3.05, 3.63) is 78.5 Å². The molecular formula is C21H18N4O. The van der Waals surface area contributed by atoms with Crippen molar-refractivity contribution in [1.82, 2.24) is 9.38 Å². The number of phenolic OH excluding ortho intramolecular Hbond substituents is 1. The number of aryl methyl sites for hydroxylation is 1. The quantitative estimate of drug-likeness (QED) is 0.485. The molecule has 2 aromatic heterocycles. The van der Waals surface area contributed by atoms with Crippen LogP contribution in [0.15, 0.2) is 83.2 Å². The Morgan fingerprint density at radius 3 is 2.58 bits per heavy atom. The first kappa shape index (κ1) is 16.0. The van der Waals surface area contributed by atoms with Gasteiger partial charge in [-0.2, -0.15) is 0 Å². The van der Waals surface area contributed by atoms with Crippen molar-refractivity contribution < 1.29 is 5.11 Å². The molecule has 0 saturated heterocycles. The third-order valence-corrected chi connectivity index (χ3v) is 4.23. The van der Waals surface area contributed by atoms with E-state index in [1.54, 1.807) is 24.3 Å². The molecule has 0 radical (unpaired) electrons. The van der Waals surface area contributed by atoms with Crippen molar-refractivity contribution in [2.24, 2.45) is 10.2 Å². The van der Waals surface area contributed by atoms with Crippen LogP contribution in [-0.4, -0.2) is 14.5 Å². The molecule has 1 N–H and O–H groups in total. The Hall–Kier alpha value is -3.47. The number of aromatic nitrogens is 2. The molecule has 0 atom stereocenters. The van der Waals surface area contributed by atoms with Gasteiger partial charge in [0.2, 0.25) is 0 Å². The maximum absolute atomic E-state index is 9.60. The van der Waals surface area contributed by atoms with E-state index in [9.17, 15) is 5.11 Å². The molecule has 0 aliphatic rings. The Morgan fingerprint density at radius 1 is 0.962 bits per heavy atom. The fourth-order valence-corrected chi connectivity index (χ4v) is 2.83. The molecule has 5 heteroatoms. The van der Waals surface area contributed by atoms with Crippen molar-refractivity contribution in [3.63, 3.8) is 0 Å². The number of hydrogen-bond donors (Lipinski definition) is 1. The monoisotopic (exact) mass is 342 g/mol. The van der Waals surface area contributed by atoms with E-state index in [1.807, 2.05) is 28.8 Å². The zero-order chi connectivity index (χ0) is 17.9. The molecule has 0 aliphatic carbocycles. The third kappa shape index (κ3) is 3.07. The lowest BCUT2D eigenvalue weighted by Gasteiger charge is -2.01. The zero-order valence-electron chi connectivity index (χ0n) is 14.4. The SMILES string of the molecule is CCc1ccc(-c2nc3ccccn3c2N=Nc2cccc(O)c2)cc1. The van der Waals surface area contributed by atoms with E-state index in [0.717, 1.165) is 23.3 Å². The van der Waals surface area contributed by atoms with Crippen LogP contribution in [0.25, 0.3) is 16.9 Å².